The van der Waals surface area contributed by atoms with Crippen molar-refractivity contribution < 1.29 is 28.6 Å². The first-order chi connectivity index (χ1) is 20.4. The number of carbonyl (C=O) groups is 3. The Bertz CT molecular complexity index is 1640. The van der Waals surface area contributed by atoms with E-state index in [1.165, 1.54) is 16.5 Å². The fourth-order valence-electron chi connectivity index (χ4n) is 5.35. The number of para-hydroxylation sites is 1. The topological polar surface area (TPSA) is 125 Å². The average Bonchev–Trinajstić information content (AvgIpc) is 3.76. The van der Waals surface area contributed by atoms with E-state index in [4.69, 9.17) is 14.2 Å². The number of carbonyl (C=O) groups excluding carboxylic acids is 3. The molecule has 42 heavy (non-hydrogen) atoms. The number of fused-ring (bicyclic) bond motifs is 2. The van der Waals surface area contributed by atoms with Gasteiger partial charge < -0.3 is 19.5 Å². The summed E-state index contributed by atoms with van der Waals surface area (Å²) in [4.78, 5) is 42.9. The highest BCUT2D eigenvalue weighted by molar-refractivity contribution is 6.08. The third-order valence-electron chi connectivity index (χ3n) is 7.53. The van der Waals surface area contributed by atoms with Gasteiger partial charge >= 0.3 is 0 Å². The molecule has 0 saturated carbocycles. The van der Waals surface area contributed by atoms with Crippen LogP contribution in [-0.4, -0.2) is 58.6 Å². The molecule has 11 heteroatoms. The second kappa shape index (κ2) is 11.6. The van der Waals surface area contributed by atoms with Crippen molar-refractivity contribution in [3.05, 3.63) is 77.4 Å². The minimum atomic E-state index is -1.12. The largest absolute Gasteiger partial charge is 0.454 e. The van der Waals surface area contributed by atoms with Crippen LogP contribution in [0.1, 0.15) is 47.3 Å². The molecule has 2 aliphatic rings. The molecule has 0 bridgehead atoms. The summed E-state index contributed by atoms with van der Waals surface area (Å²) in [6.45, 7) is 4.06. The van der Waals surface area contributed by atoms with Gasteiger partial charge in [0.2, 0.25) is 18.6 Å². The number of amides is 2. The first-order valence-corrected chi connectivity index (χ1v) is 13.9. The van der Waals surface area contributed by atoms with E-state index in [0.717, 1.165) is 18.4 Å². The SMILES string of the molecule is CC(=O)c1cc2c(cc1N(C(=O)Cn1nnc3ccccc31)[C@H](C(=O)NC[C@H]1CCCO1)c1ccc(C)cc1)OCO2. The van der Waals surface area contributed by atoms with Crippen LogP contribution in [0.5, 0.6) is 11.5 Å². The number of ether oxygens (including phenoxy) is 3. The van der Waals surface area contributed by atoms with Gasteiger partial charge in [0.1, 0.15) is 18.1 Å². The maximum Gasteiger partial charge on any atom is 0.249 e. The molecule has 6 rings (SSSR count). The molecular formula is C31H31N5O6. The van der Waals surface area contributed by atoms with Crippen LogP contribution in [0.3, 0.4) is 0 Å². The second-order valence-electron chi connectivity index (χ2n) is 10.5. The third-order valence-corrected chi connectivity index (χ3v) is 7.53. The summed E-state index contributed by atoms with van der Waals surface area (Å²) < 4.78 is 18.4. The number of aromatic nitrogens is 3. The Hall–Kier alpha value is -4.77. The highest BCUT2D eigenvalue weighted by Gasteiger charge is 2.37. The molecular weight excluding hydrogens is 538 g/mol. The normalized spacial score (nSPS) is 16.4. The molecule has 2 atom stereocenters. The van der Waals surface area contributed by atoms with Crippen LogP contribution < -0.4 is 19.7 Å². The van der Waals surface area contributed by atoms with E-state index in [1.807, 2.05) is 49.4 Å². The molecule has 3 heterocycles. The van der Waals surface area contributed by atoms with Gasteiger partial charge in [0.05, 0.1) is 17.3 Å². The number of nitrogens with one attached hydrogen (secondary N) is 1. The van der Waals surface area contributed by atoms with Crippen molar-refractivity contribution in [3.63, 3.8) is 0 Å². The molecule has 1 N–H and O–H groups in total. The summed E-state index contributed by atoms with van der Waals surface area (Å²) in [6, 6.07) is 16.7. The lowest BCUT2D eigenvalue weighted by Crippen LogP contribution is -2.47. The van der Waals surface area contributed by atoms with Gasteiger partial charge in [-0.25, -0.2) is 4.68 Å². The van der Waals surface area contributed by atoms with Gasteiger partial charge in [-0.05, 0) is 50.5 Å². The van der Waals surface area contributed by atoms with Crippen molar-refractivity contribution in [1.82, 2.24) is 20.3 Å². The quantitative estimate of drug-likeness (QED) is 0.302. The van der Waals surface area contributed by atoms with Crippen LogP contribution >= 0.6 is 0 Å². The molecule has 216 valence electrons. The summed E-state index contributed by atoms with van der Waals surface area (Å²) in [5.74, 6) is -0.396. The Balaban J connectivity index is 1.47. The highest BCUT2D eigenvalue weighted by Crippen LogP contribution is 2.41. The van der Waals surface area contributed by atoms with Gasteiger partial charge in [-0.2, -0.15) is 0 Å². The summed E-state index contributed by atoms with van der Waals surface area (Å²) in [6.07, 6.45) is 1.67. The maximum atomic E-state index is 14.4. The predicted octanol–water partition coefficient (Wildman–Crippen LogP) is 3.74. The van der Waals surface area contributed by atoms with Gasteiger partial charge in [0, 0.05) is 24.8 Å². The van der Waals surface area contributed by atoms with Gasteiger partial charge in [0.15, 0.2) is 17.3 Å². The van der Waals surface area contributed by atoms with E-state index in [1.54, 1.807) is 18.2 Å². The standard InChI is InChI=1S/C31H31N5O6/c1-19-9-11-21(12-10-19)30(31(39)32-16-22-6-5-13-40-22)36(26-15-28-27(41-18-42-28)14-23(26)20(2)37)29(38)17-35-25-8-4-3-7-24(25)33-34-35/h3-4,7-12,14-15,22,30H,5-6,13,16-18H2,1-2H3,(H,32,39)/t22-,30+/m1/s1. The predicted molar refractivity (Wildman–Crippen MR) is 153 cm³/mol. The van der Waals surface area contributed by atoms with E-state index in [0.29, 0.717) is 41.2 Å². The number of aryl methyl sites for hydroxylation is 1. The highest BCUT2D eigenvalue weighted by atomic mass is 16.7. The molecule has 11 nitrogen and oxygen atoms in total. The van der Waals surface area contributed by atoms with Crippen LogP contribution in [0.2, 0.25) is 0 Å². The van der Waals surface area contributed by atoms with Crippen molar-refractivity contribution in [1.29, 1.82) is 0 Å². The third kappa shape index (κ3) is 5.42. The molecule has 3 aromatic carbocycles. The van der Waals surface area contributed by atoms with Crippen molar-refractivity contribution in [2.75, 3.05) is 24.8 Å². The number of hydrogen-bond donors (Lipinski definition) is 1. The van der Waals surface area contributed by atoms with Crippen molar-refractivity contribution in [2.24, 2.45) is 0 Å². The summed E-state index contributed by atoms with van der Waals surface area (Å²) >= 11 is 0. The van der Waals surface area contributed by atoms with Crippen molar-refractivity contribution >= 4 is 34.3 Å². The summed E-state index contributed by atoms with van der Waals surface area (Å²) in [7, 11) is 0. The first-order valence-electron chi connectivity index (χ1n) is 13.9. The number of rotatable bonds is 9. The molecule has 0 aliphatic carbocycles. The number of hydrogen-bond acceptors (Lipinski definition) is 8. The number of Topliss-reactive ketones (excluding diaryl/α,β-unsaturated/α-hetero) is 1. The van der Waals surface area contributed by atoms with E-state index in [2.05, 4.69) is 15.6 Å². The Morgan fingerprint density at radius 1 is 1.07 bits per heavy atom. The lowest BCUT2D eigenvalue weighted by atomic mass is 9.99. The van der Waals surface area contributed by atoms with E-state index in [9.17, 15) is 14.4 Å². The van der Waals surface area contributed by atoms with Crippen molar-refractivity contribution in [2.45, 2.75) is 45.4 Å². The van der Waals surface area contributed by atoms with Crippen LogP contribution in [0.15, 0.2) is 60.7 Å². The zero-order chi connectivity index (χ0) is 29.2. The minimum absolute atomic E-state index is 0.0156. The van der Waals surface area contributed by atoms with Crippen LogP contribution in [0.4, 0.5) is 5.69 Å². The fourth-order valence-corrected chi connectivity index (χ4v) is 5.35. The van der Waals surface area contributed by atoms with E-state index < -0.39 is 17.9 Å². The maximum absolute atomic E-state index is 14.4. The number of anilines is 1. The number of ketones is 1. The van der Waals surface area contributed by atoms with Crippen LogP contribution in [-0.2, 0) is 20.9 Å². The van der Waals surface area contributed by atoms with Crippen LogP contribution in [0.25, 0.3) is 11.0 Å². The van der Waals surface area contributed by atoms with E-state index in [-0.39, 0.29) is 36.5 Å². The Kier molecular flexibility index (Phi) is 7.58. The summed E-state index contributed by atoms with van der Waals surface area (Å²) in [5, 5.41) is 11.4. The van der Waals surface area contributed by atoms with E-state index >= 15 is 0 Å². The smallest absolute Gasteiger partial charge is 0.249 e. The van der Waals surface area contributed by atoms with Crippen LogP contribution in [0, 0.1) is 6.92 Å². The van der Waals surface area contributed by atoms with Gasteiger partial charge in [-0.15, -0.1) is 5.10 Å². The zero-order valence-corrected chi connectivity index (χ0v) is 23.4. The molecule has 2 amide bonds. The Morgan fingerprint density at radius 2 is 1.83 bits per heavy atom. The molecule has 1 saturated heterocycles. The Morgan fingerprint density at radius 3 is 2.57 bits per heavy atom. The average molecular weight is 570 g/mol. The fraction of sp³-hybridized carbons (Fsp3) is 0.323. The number of nitrogens with zero attached hydrogens (tertiary/aromatic N) is 4. The number of benzene rings is 3. The summed E-state index contributed by atoms with van der Waals surface area (Å²) in [5.41, 5.74) is 3.33. The lowest BCUT2D eigenvalue weighted by molar-refractivity contribution is -0.127. The molecule has 0 spiro atoms. The van der Waals surface area contributed by atoms with Gasteiger partial charge in [0.25, 0.3) is 0 Å². The zero-order valence-electron chi connectivity index (χ0n) is 23.4. The molecule has 2 aliphatic heterocycles. The molecule has 0 radical (unpaired) electrons. The van der Waals surface area contributed by atoms with Crippen molar-refractivity contribution in [3.8, 4) is 11.5 Å². The first kappa shape index (κ1) is 27.4. The molecule has 4 aromatic rings. The molecule has 0 unspecified atom stereocenters. The monoisotopic (exact) mass is 569 g/mol. The minimum Gasteiger partial charge on any atom is -0.454 e. The van der Waals surface area contributed by atoms with Gasteiger partial charge in [-0.3, -0.25) is 19.3 Å². The van der Waals surface area contributed by atoms with Gasteiger partial charge in [-0.1, -0.05) is 47.2 Å². The molecule has 1 fully saturated rings. The molecule has 1 aromatic heterocycles. The lowest BCUT2D eigenvalue weighted by Gasteiger charge is -2.33. The Labute approximate surface area is 242 Å². The second-order valence-corrected chi connectivity index (χ2v) is 10.5.